The van der Waals surface area contributed by atoms with Gasteiger partial charge in [0, 0.05) is 25.3 Å². The van der Waals surface area contributed by atoms with E-state index in [1.807, 2.05) is 6.07 Å². The molecule has 0 radical (unpaired) electrons. The van der Waals surface area contributed by atoms with E-state index in [2.05, 4.69) is 36.1 Å². The van der Waals surface area contributed by atoms with E-state index >= 15 is 0 Å². The Morgan fingerprint density at radius 3 is 2.76 bits per heavy atom. The van der Waals surface area contributed by atoms with Crippen LogP contribution in [0.4, 0.5) is 5.82 Å². The lowest BCUT2D eigenvalue weighted by Gasteiger charge is -2.22. The summed E-state index contributed by atoms with van der Waals surface area (Å²) in [6.45, 7) is 8.03. The molecule has 1 N–H and O–H groups in total. The number of hydrogen-bond donors (Lipinski definition) is 1. The van der Waals surface area contributed by atoms with Gasteiger partial charge in [0.2, 0.25) is 5.88 Å². The maximum Gasteiger partial charge on any atom is 0.218 e. The molecule has 0 amide bonds. The topological polar surface area (TPSA) is 65.5 Å². The summed E-state index contributed by atoms with van der Waals surface area (Å²) >= 11 is 0. The fourth-order valence-electron chi connectivity index (χ4n) is 2.12. The molecule has 6 heteroatoms. The van der Waals surface area contributed by atoms with E-state index in [1.54, 1.807) is 7.11 Å². The molecule has 0 aliphatic carbocycles. The summed E-state index contributed by atoms with van der Waals surface area (Å²) in [4.78, 5) is 9.03. The number of rotatable bonds is 6. The lowest BCUT2D eigenvalue weighted by molar-refractivity contribution is 0.103. The van der Waals surface area contributed by atoms with Crippen molar-refractivity contribution in [1.29, 1.82) is 0 Å². The highest BCUT2D eigenvalue weighted by atomic mass is 16.5. The maximum absolute atomic E-state index is 5.67. The van der Waals surface area contributed by atoms with Crippen LogP contribution < -0.4 is 10.1 Å². The Labute approximate surface area is 126 Å². The fourth-order valence-corrected chi connectivity index (χ4v) is 2.12. The quantitative estimate of drug-likeness (QED) is 0.814. The van der Waals surface area contributed by atoms with Gasteiger partial charge in [-0.1, -0.05) is 0 Å². The third kappa shape index (κ3) is 5.13. The van der Waals surface area contributed by atoms with Crippen molar-refractivity contribution in [2.45, 2.75) is 45.3 Å². The molecule has 1 aliphatic rings. The first-order chi connectivity index (χ1) is 9.98. The maximum atomic E-state index is 5.67. The SMILES string of the molecule is COCCOc1cc(NC(C)(C)C)nc(C2CCCO2)n1. The van der Waals surface area contributed by atoms with Crippen molar-refractivity contribution >= 4 is 5.82 Å². The van der Waals surface area contributed by atoms with Crippen molar-refractivity contribution in [1.82, 2.24) is 9.97 Å². The van der Waals surface area contributed by atoms with Crippen LogP contribution in [0.2, 0.25) is 0 Å². The molecule has 1 aromatic rings. The van der Waals surface area contributed by atoms with E-state index in [-0.39, 0.29) is 11.6 Å². The van der Waals surface area contributed by atoms with Gasteiger partial charge in [-0.15, -0.1) is 0 Å². The van der Waals surface area contributed by atoms with Crippen LogP contribution in [0.3, 0.4) is 0 Å². The predicted molar refractivity (Wildman–Crippen MR) is 80.7 cm³/mol. The molecule has 2 heterocycles. The van der Waals surface area contributed by atoms with E-state index < -0.39 is 0 Å². The van der Waals surface area contributed by atoms with E-state index in [0.717, 1.165) is 25.3 Å². The largest absolute Gasteiger partial charge is 0.475 e. The van der Waals surface area contributed by atoms with E-state index in [9.17, 15) is 0 Å². The van der Waals surface area contributed by atoms with Gasteiger partial charge in [0.25, 0.3) is 0 Å². The van der Waals surface area contributed by atoms with E-state index in [0.29, 0.717) is 24.9 Å². The molecule has 1 aliphatic heterocycles. The highest BCUT2D eigenvalue weighted by molar-refractivity contribution is 5.40. The Morgan fingerprint density at radius 1 is 1.33 bits per heavy atom. The molecule has 1 aromatic heterocycles. The van der Waals surface area contributed by atoms with Crippen molar-refractivity contribution < 1.29 is 14.2 Å². The monoisotopic (exact) mass is 295 g/mol. The summed E-state index contributed by atoms with van der Waals surface area (Å²) in [5.74, 6) is 2.00. The first-order valence-corrected chi connectivity index (χ1v) is 7.38. The minimum atomic E-state index is -0.0774. The van der Waals surface area contributed by atoms with Gasteiger partial charge < -0.3 is 19.5 Å². The Kier molecular flexibility index (Phi) is 5.36. The Morgan fingerprint density at radius 2 is 2.14 bits per heavy atom. The van der Waals surface area contributed by atoms with Crippen molar-refractivity contribution in [2.75, 3.05) is 32.2 Å². The van der Waals surface area contributed by atoms with Crippen LogP contribution in [0.25, 0.3) is 0 Å². The molecular weight excluding hydrogens is 270 g/mol. The van der Waals surface area contributed by atoms with Gasteiger partial charge in [-0.3, -0.25) is 0 Å². The van der Waals surface area contributed by atoms with Crippen LogP contribution in [0, 0.1) is 0 Å². The van der Waals surface area contributed by atoms with Crippen molar-refractivity contribution in [3.8, 4) is 5.88 Å². The average Bonchev–Trinajstić information content (AvgIpc) is 2.90. The van der Waals surface area contributed by atoms with Gasteiger partial charge in [0.05, 0.1) is 6.61 Å². The van der Waals surface area contributed by atoms with Crippen molar-refractivity contribution in [2.24, 2.45) is 0 Å². The molecule has 1 atom stereocenters. The Bertz CT molecular complexity index is 454. The predicted octanol–water partition coefficient (Wildman–Crippen LogP) is 2.56. The zero-order valence-electron chi connectivity index (χ0n) is 13.3. The molecule has 0 bridgehead atoms. The summed E-state index contributed by atoms with van der Waals surface area (Å²) in [7, 11) is 1.65. The summed E-state index contributed by atoms with van der Waals surface area (Å²) in [5, 5.41) is 3.36. The molecule has 1 unspecified atom stereocenters. The van der Waals surface area contributed by atoms with Crippen LogP contribution in [0.15, 0.2) is 6.07 Å². The summed E-state index contributed by atoms with van der Waals surface area (Å²) in [5.41, 5.74) is -0.0774. The molecule has 6 nitrogen and oxygen atoms in total. The van der Waals surface area contributed by atoms with Gasteiger partial charge in [-0.2, -0.15) is 4.98 Å². The number of methoxy groups -OCH3 is 1. The second-order valence-corrected chi connectivity index (χ2v) is 6.17. The number of hydrogen-bond acceptors (Lipinski definition) is 6. The van der Waals surface area contributed by atoms with Crippen LogP contribution in [0.1, 0.15) is 45.5 Å². The zero-order chi connectivity index (χ0) is 15.3. The van der Waals surface area contributed by atoms with E-state index in [4.69, 9.17) is 14.2 Å². The molecular formula is C15H25N3O3. The molecule has 118 valence electrons. The van der Waals surface area contributed by atoms with Crippen LogP contribution in [-0.2, 0) is 9.47 Å². The van der Waals surface area contributed by atoms with Gasteiger partial charge >= 0.3 is 0 Å². The number of nitrogens with zero attached hydrogens (tertiary/aromatic N) is 2. The molecule has 0 saturated carbocycles. The van der Waals surface area contributed by atoms with Crippen LogP contribution in [-0.4, -0.2) is 42.4 Å². The lowest BCUT2D eigenvalue weighted by Crippen LogP contribution is -2.27. The Balaban J connectivity index is 2.18. The Hall–Kier alpha value is -1.40. The second-order valence-electron chi connectivity index (χ2n) is 6.17. The number of aromatic nitrogens is 2. The van der Waals surface area contributed by atoms with E-state index in [1.165, 1.54) is 0 Å². The summed E-state index contributed by atoms with van der Waals surface area (Å²) < 4.78 is 16.3. The molecule has 21 heavy (non-hydrogen) atoms. The van der Waals surface area contributed by atoms with Crippen molar-refractivity contribution in [3.63, 3.8) is 0 Å². The standard InChI is InChI=1S/C15H25N3O3/c1-15(2,3)18-12-10-13(21-9-8-19-4)17-14(16-12)11-6-5-7-20-11/h10-11H,5-9H2,1-4H3,(H,16,17,18). The highest BCUT2D eigenvalue weighted by Gasteiger charge is 2.23. The summed E-state index contributed by atoms with van der Waals surface area (Å²) in [6, 6.07) is 1.82. The second kappa shape index (κ2) is 7.04. The highest BCUT2D eigenvalue weighted by Crippen LogP contribution is 2.29. The third-order valence-electron chi connectivity index (χ3n) is 2.98. The third-order valence-corrected chi connectivity index (χ3v) is 2.98. The minimum Gasteiger partial charge on any atom is -0.475 e. The lowest BCUT2D eigenvalue weighted by atomic mass is 10.1. The minimum absolute atomic E-state index is 0.0310. The normalized spacial score (nSPS) is 18.8. The average molecular weight is 295 g/mol. The molecule has 1 saturated heterocycles. The van der Waals surface area contributed by atoms with Gasteiger partial charge in [0.15, 0.2) is 5.82 Å². The smallest absolute Gasteiger partial charge is 0.218 e. The molecule has 0 aromatic carbocycles. The molecule has 0 spiro atoms. The fraction of sp³-hybridized carbons (Fsp3) is 0.733. The number of anilines is 1. The van der Waals surface area contributed by atoms with Gasteiger partial charge in [-0.25, -0.2) is 4.98 Å². The van der Waals surface area contributed by atoms with Crippen molar-refractivity contribution in [3.05, 3.63) is 11.9 Å². The van der Waals surface area contributed by atoms with Crippen LogP contribution in [0.5, 0.6) is 5.88 Å². The first-order valence-electron chi connectivity index (χ1n) is 7.38. The first kappa shape index (κ1) is 16.0. The number of nitrogens with one attached hydrogen (secondary N) is 1. The molecule has 2 rings (SSSR count). The molecule has 1 fully saturated rings. The van der Waals surface area contributed by atoms with Gasteiger partial charge in [-0.05, 0) is 33.6 Å². The number of ether oxygens (including phenoxy) is 3. The zero-order valence-corrected chi connectivity index (χ0v) is 13.3. The summed E-state index contributed by atoms with van der Waals surface area (Å²) in [6.07, 6.45) is 1.97. The van der Waals surface area contributed by atoms with Gasteiger partial charge in [0.1, 0.15) is 18.5 Å². The van der Waals surface area contributed by atoms with Crippen LogP contribution >= 0.6 is 0 Å².